The first-order valence-electron chi connectivity index (χ1n) is 4.35. The molecule has 0 aliphatic carbocycles. The summed E-state index contributed by atoms with van der Waals surface area (Å²) in [5.74, 6) is 0.488. The minimum atomic E-state index is 0. The monoisotopic (exact) mass is 379 g/mol. The van der Waals surface area contributed by atoms with E-state index in [0.717, 1.165) is 5.69 Å². The molecule has 1 aromatic heterocycles. The van der Waals surface area contributed by atoms with Crippen molar-refractivity contribution in [1.29, 1.82) is 5.26 Å². The first-order valence-corrected chi connectivity index (χ1v) is 4.35. The molecule has 16 heavy (non-hydrogen) atoms. The maximum absolute atomic E-state index is 8.62. The standard InChI is InChI=1S/C11H7N4.W/c12-8-9-2-4-10(5-3-9)15-11-13-6-1-7-14-11;/h1-6H,(H,13,14,15);/q-1;. The van der Waals surface area contributed by atoms with Crippen molar-refractivity contribution in [1.82, 2.24) is 9.97 Å². The fraction of sp³-hybridized carbons (Fsp3) is 0. The van der Waals surface area contributed by atoms with E-state index < -0.39 is 0 Å². The van der Waals surface area contributed by atoms with Crippen molar-refractivity contribution >= 4 is 11.6 Å². The van der Waals surface area contributed by atoms with E-state index in [-0.39, 0.29) is 21.1 Å². The fourth-order valence-electron chi connectivity index (χ4n) is 1.09. The second-order valence-corrected chi connectivity index (χ2v) is 2.82. The van der Waals surface area contributed by atoms with Crippen molar-refractivity contribution in [3.8, 4) is 6.07 Å². The Balaban J connectivity index is 0.00000128. The van der Waals surface area contributed by atoms with Gasteiger partial charge in [0.2, 0.25) is 0 Å². The van der Waals surface area contributed by atoms with Gasteiger partial charge in [-0.15, -0.1) is 6.07 Å². The van der Waals surface area contributed by atoms with E-state index in [1.165, 1.54) is 0 Å². The van der Waals surface area contributed by atoms with Crippen LogP contribution in [0.15, 0.2) is 36.5 Å². The summed E-state index contributed by atoms with van der Waals surface area (Å²) in [6.07, 6.45) is 4.29. The summed E-state index contributed by atoms with van der Waals surface area (Å²) in [5, 5.41) is 11.6. The van der Waals surface area contributed by atoms with Crippen molar-refractivity contribution < 1.29 is 21.1 Å². The Hall–Kier alpha value is -1.72. The molecule has 0 aliphatic rings. The SMILES string of the molecule is N#Cc1ccc(Nc2n[c-]ccn2)cc1.[W]. The smallest absolute Gasteiger partial charge is 0.110 e. The second kappa shape index (κ2) is 5.99. The van der Waals surface area contributed by atoms with Crippen LogP contribution in [0.3, 0.4) is 0 Å². The minimum Gasteiger partial charge on any atom is -0.378 e. The van der Waals surface area contributed by atoms with Crippen LogP contribution in [0.25, 0.3) is 0 Å². The summed E-state index contributed by atoms with van der Waals surface area (Å²) in [7, 11) is 0. The van der Waals surface area contributed by atoms with E-state index in [0.29, 0.717) is 11.5 Å². The Morgan fingerprint density at radius 3 is 2.56 bits per heavy atom. The molecule has 2 rings (SSSR count). The second-order valence-electron chi connectivity index (χ2n) is 2.82. The zero-order valence-electron chi connectivity index (χ0n) is 8.21. The Kier molecular flexibility index (Phi) is 4.62. The number of nitrogens with zero attached hydrogens (tertiary/aromatic N) is 3. The zero-order valence-corrected chi connectivity index (χ0v) is 11.1. The molecule has 0 saturated heterocycles. The van der Waals surface area contributed by atoms with Gasteiger partial charge in [0, 0.05) is 26.8 Å². The predicted molar refractivity (Wildman–Crippen MR) is 55.3 cm³/mol. The first kappa shape index (κ1) is 12.3. The number of nitriles is 1. The molecule has 4 nitrogen and oxygen atoms in total. The van der Waals surface area contributed by atoms with Gasteiger partial charge >= 0.3 is 0 Å². The number of anilines is 2. The summed E-state index contributed by atoms with van der Waals surface area (Å²) in [5.41, 5.74) is 1.47. The van der Waals surface area contributed by atoms with E-state index in [9.17, 15) is 0 Å². The average molecular weight is 379 g/mol. The molecule has 0 unspecified atom stereocenters. The molecule has 1 aromatic carbocycles. The van der Waals surface area contributed by atoms with Gasteiger partial charge in [-0.3, -0.25) is 0 Å². The molecule has 1 heterocycles. The zero-order chi connectivity index (χ0) is 10.5. The van der Waals surface area contributed by atoms with Crippen molar-refractivity contribution in [2.75, 3.05) is 5.32 Å². The van der Waals surface area contributed by atoms with E-state index >= 15 is 0 Å². The van der Waals surface area contributed by atoms with Crippen LogP contribution >= 0.6 is 0 Å². The summed E-state index contributed by atoms with van der Waals surface area (Å²) >= 11 is 0. The van der Waals surface area contributed by atoms with Crippen LogP contribution < -0.4 is 5.32 Å². The molecule has 0 amide bonds. The van der Waals surface area contributed by atoms with Crippen molar-refractivity contribution in [3.63, 3.8) is 0 Å². The number of rotatable bonds is 2. The largest absolute Gasteiger partial charge is 0.378 e. The Bertz CT molecular complexity index is 476. The summed E-state index contributed by atoms with van der Waals surface area (Å²) in [4.78, 5) is 7.90. The third kappa shape index (κ3) is 3.15. The van der Waals surface area contributed by atoms with Gasteiger partial charge in [0.15, 0.2) is 0 Å². The van der Waals surface area contributed by atoms with Crippen molar-refractivity contribution in [3.05, 3.63) is 48.3 Å². The maximum atomic E-state index is 8.62. The quantitative estimate of drug-likeness (QED) is 0.810. The first-order chi connectivity index (χ1) is 7.38. The molecule has 0 radical (unpaired) electrons. The predicted octanol–water partition coefficient (Wildman–Crippen LogP) is 1.89. The summed E-state index contributed by atoms with van der Waals surface area (Å²) < 4.78 is 0. The molecule has 0 aliphatic heterocycles. The third-order valence-electron chi connectivity index (χ3n) is 1.79. The van der Waals surface area contributed by atoms with Gasteiger partial charge in [0.1, 0.15) is 5.95 Å². The van der Waals surface area contributed by atoms with Gasteiger partial charge in [0.05, 0.1) is 11.6 Å². The van der Waals surface area contributed by atoms with Gasteiger partial charge in [-0.2, -0.15) is 5.26 Å². The maximum Gasteiger partial charge on any atom is 0.110 e. The van der Waals surface area contributed by atoms with E-state index in [1.54, 1.807) is 36.5 Å². The van der Waals surface area contributed by atoms with Gasteiger partial charge in [-0.05, 0) is 24.3 Å². The molecular weight excluding hydrogens is 372 g/mol. The van der Waals surface area contributed by atoms with Crippen LogP contribution in [0.4, 0.5) is 11.6 Å². The van der Waals surface area contributed by atoms with E-state index in [2.05, 4.69) is 27.6 Å². The Labute approximate surface area is 108 Å². The summed E-state index contributed by atoms with van der Waals surface area (Å²) in [6, 6.07) is 10.7. The van der Waals surface area contributed by atoms with Gasteiger partial charge in [0.25, 0.3) is 0 Å². The normalized spacial score (nSPS) is 8.69. The third-order valence-corrected chi connectivity index (χ3v) is 1.79. The number of hydrogen-bond donors (Lipinski definition) is 1. The average Bonchev–Trinajstić information content (AvgIpc) is 2.31. The molecule has 0 saturated carbocycles. The van der Waals surface area contributed by atoms with Gasteiger partial charge in [-0.25, -0.2) is 0 Å². The van der Waals surface area contributed by atoms with Crippen molar-refractivity contribution in [2.45, 2.75) is 0 Å². The van der Waals surface area contributed by atoms with Crippen LogP contribution in [0.1, 0.15) is 5.56 Å². The Morgan fingerprint density at radius 1 is 1.25 bits per heavy atom. The molecule has 0 atom stereocenters. The van der Waals surface area contributed by atoms with Crippen LogP contribution in [-0.2, 0) is 21.1 Å². The van der Waals surface area contributed by atoms with Gasteiger partial charge in [-0.1, -0.05) is 12.4 Å². The molecule has 78 valence electrons. The molecule has 1 N–H and O–H groups in total. The van der Waals surface area contributed by atoms with Crippen LogP contribution in [-0.4, -0.2) is 9.97 Å². The molecule has 5 heteroatoms. The minimum absolute atomic E-state index is 0. The molecule has 2 aromatic rings. The molecule has 0 spiro atoms. The Morgan fingerprint density at radius 2 is 2.00 bits per heavy atom. The van der Waals surface area contributed by atoms with Gasteiger partial charge < -0.3 is 15.3 Å². The van der Waals surface area contributed by atoms with Crippen molar-refractivity contribution in [2.24, 2.45) is 0 Å². The number of benzene rings is 1. The van der Waals surface area contributed by atoms with E-state index in [1.807, 2.05) is 0 Å². The fourth-order valence-corrected chi connectivity index (χ4v) is 1.09. The number of aromatic nitrogens is 2. The van der Waals surface area contributed by atoms with Crippen LogP contribution in [0.2, 0.25) is 0 Å². The van der Waals surface area contributed by atoms with Crippen LogP contribution in [0, 0.1) is 17.5 Å². The van der Waals surface area contributed by atoms with E-state index in [4.69, 9.17) is 5.26 Å². The van der Waals surface area contributed by atoms with Crippen LogP contribution in [0.5, 0.6) is 0 Å². The molecule has 0 bridgehead atoms. The molecule has 0 fully saturated rings. The number of hydrogen-bond acceptors (Lipinski definition) is 4. The molecular formula is C11H7N4W-. The number of nitrogens with one attached hydrogen (secondary N) is 1. The topological polar surface area (TPSA) is 61.6 Å². The summed E-state index contributed by atoms with van der Waals surface area (Å²) in [6.45, 7) is 0.